The molecule has 0 amide bonds. The average molecular weight is 441 g/mol. The van der Waals surface area contributed by atoms with Gasteiger partial charge in [0.05, 0.1) is 6.10 Å². The number of ether oxygens (including phenoxy) is 1. The maximum Gasteiger partial charge on any atom is 0.333 e. The third-order valence-corrected chi connectivity index (χ3v) is 11.4. The first kappa shape index (κ1) is 22.7. The molecule has 1 aliphatic heterocycles. The number of cyclic esters (lactones) is 1. The summed E-state index contributed by atoms with van der Waals surface area (Å²) in [4.78, 5) is 12.4. The fraction of sp³-hybridized carbons (Fsp3) is 0.828. The summed E-state index contributed by atoms with van der Waals surface area (Å²) in [5.74, 6) is 3.57. The molecular weight excluding hydrogens is 396 g/mol. The van der Waals surface area contributed by atoms with E-state index in [0.29, 0.717) is 35.0 Å². The lowest BCUT2D eigenvalue weighted by Crippen LogP contribution is -2.55. The van der Waals surface area contributed by atoms with Crippen molar-refractivity contribution in [3.8, 4) is 0 Å². The Morgan fingerprint density at radius 3 is 2.59 bits per heavy atom. The standard InChI is InChI=1S/C29H44O3/c1-16-13-20-7-8-21-23-10-9-22(19(4)25-15-17(2)18(3)27(31)32-25)28(23,5)12-11-24(21)29(20,6)26(30)14-16/h7,16,19,21-26,30H,8-15H2,1-6H3/t16?,19-,21?,22?,23?,24?,25?,26-,28?,29?/m0/s1. The Bertz CT molecular complexity index is 854. The Hall–Kier alpha value is -1.09. The lowest BCUT2D eigenvalue weighted by atomic mass is 9.46. The number of esters is 1. The Morgan fingerprint density at radius 2 is 1.88 bits per heavy atom. The van der Waals surface area contributed by atoms with E-state index in [-0.39, 0.29) is 23.6 Å². The van der Waals surface area contributed by atoms with Gasteiger partial charge in [-0.2, -0.15) is 0 Å². The van der Waals surface area contributed by atoms with E-state index >= 15 is 0 Å². The van der Waals surface area contributed by atoms with Crippen LogP contribution in [-0.2, 0) is 9.53 Å². The summed E-state index contributed by atoms with van der Waals surface area (Å²) in [6.45, 7) is 13.6. The van der Waals surface area contributed by atoms with Gasteiger partial charge in [-0.3, -0.25) is 0 Å². The van der Waals surface area contributed by atoms with Crippen LogP contribution >= 0.6 is 0 Å². The number of carbonyl (C=O) groups excluding carboxylic acids is 1. The molecule has 3 heteroatoms. The van der Waals surface area contributed by atoms with Crippen LogP contribution in [0, 0.1) is 46.3 Å². The van der Waals surface area contributed by atoms with E-state index in [4.69, 9.17) is 4.74 Å². The molecular formula is C29H44O3. The fourth-order valence-corrected chi connectivity index (χ4v) is 9.30. The highest BCUT2D eigenvalue weighted by molar-refractivity contribution is 5.89. The van der Waals surface area contributed by atoms with Crippen molar-refractivity contribution in [2.24, 2.45) is 46.3 Å². The largest absolute Gasteiger partial charge is 0.458 e. The van der Waals surface area contributed by atoms with Crippen molar-refractivity contribution >= 4 is 5.97 Å². The zero-order valence-electron chi connectivity index (χ0n) is 21.1. The highest BCUT2D eigenvalue weighted by Gasteiger charge is 2.61. The van der Waals surface area contributed by atoms with Crippen molar-refractivity contribution in [2.75, 3.05) is 0 Å². The van der Waals surface area contributed by atoms with Crippen molar-refractivity contribution < 1.29 is 14.6 Å². The average Bonchev–Trinajstić information content (AvgIpc) is 3.09. The summed E-state index contributed by atoms with van der Waals surface area (Å²) in [6, 6.07) is 0. The van der Waals surface area contributed by atoms with Gasteiger partial charge in [0.1, 0.15) is 6.10 Å². The molecule has 3 nitrogen and oxygen atoms in total. The summed E-state index contributed by atoms with van der Waals surface area (Å²) in [6.07, 6.45) is 11.7. The van der Waals surface area contributed by atoms with E-state index in [2.05, 4.69) is 40.7 Å². The van der Waals surface area contributed by atoms with Gasteiger partial charge in [-0.1, -0.05) is 44.9 Å². The third kappa shape index (κ3) is 3.12. The van der Waals surface area contributed by atoms with E-state index in [1.807, 2.05) is 6.92 Å². The molecule has 0 aromatic rings. The number of fused-ring (bicyclic) bond motifs is 5. The molecule has 0 aromatic carbocycles. The monoisotopic (exact) mass is 440 g/mol. The van der Waals surface area contributed by atoms with Crippen LogP contribution in [0.25, 0.3) is 0 Å². The Morgan fingerprint density at radius 1 is 1.12 bits per heavy atom. The summed E-state index contributed by atoms with van der Waals surface area (Å²) < 4.78 is 5.95. The SMILES string of the molecule is CC1=C(C)C(=O)OC([C@@H](C)C2CCC3C4CC=C5CC(C)C[C@H](O)C5(C)C4CCC32C)C1. The number of allylic oxidation sites excluding steroid dienone is 1. The smallest absolute Gasteiger partial charge is 0.333 e. The summed E-state index contributed by atoms with van der Waals surface area (Å²) in [7, 11) is 0. The van der Waals surface area contributed by atoms with Crippen LogP contribution in [-0.4, -0.2) is 23.3 Å². The van der Waals surface area contributed by atoms with Crippen LogP contribution in [0.5, 0.6) is 0 Å². The second-order valence-corrected chi connectivity index (χ2v) is 12.8. The molecule has 0 radical (unpaired) electrons. The summed E-state index contributed by atoms with van der Waals surface area (Å²) >= 11 is 0. The van der Waals surface area contributed by atoms with E-state index in [9.17, 15) is 9.90 Å². The van der Waals surface area contributed by atoms with E-state index in [0.717, 1.165) is 24.3 Å². The van der Waals surface area contributed by atoms with Gasteiger partial charge >= 0.3 is 5.97 Å². The maximum absolute atomic E-state index is 12.4. The van der Waals surface area contributed by atoms with Gasteiger partial charge in [-0.15, -0.1) is 0 Å². The van der Waals surface area contributed by atoms with Gasteiger partial charge in [0.25, 0.3) is 0 Å². The Kier molecular flexibility index (Phi) is 5.47. The van der Waals surface area contributed by atoms with Crippen molar-refractivity contribution in [3.05, 3.63) is 22.8 Å². The molecule has 10 atom stereocenters. The normalized spacial score (nSPS) is 49.5. The number of hydrogen-bond donors (Lipinski definition) is 1. The minimum absolute atomic E-state index is 0.0151. The minimum Gasteiger partial charge on any atom is -0.458 e. The Balaban J connectivity index is 1.39. The quantitative estimate of drug-likeness (QED) is 0.396. The lowest BCUT2D eigenvalue weighted by molar-refractivity contribution is -0.152. The molecule has 5 aliphatic rings. The summed E-state index contributed by atoms with van der Waals surface area (Å²) in [5.41, 5.74) is 3.89. The van der Waals surface area contributed by atoms with Gasteiger partial charge in [-0.05, 0) is 99.7 Å². The maximum atomic E-state index is 12.4. The van der Waals surface area contributed by atoms with Crippen LogP contribution < -0.4 is 0 Å². The molecule has 0 aromatic heterocycles. The van der Waals surface area contributed by atoms with E-state index in [1.54, 1.807) is 5.57 Å². The molecule has 1 heterocycles. The van der Waals surface area contributed by atoms with Crippen molar-refractivity contribution in [1.82, 2.24) is 0 Å². The zero-order valence-corrected chi connectivity index (χ0v) is 21.1. The van der Waals surface area contributed by atoms with Gasteiger partial charge in [0.15, 0.2) is 0 Å². The van der Waals surface area contributed by atoms with E-state index in [1.165, 1.54) is 44.1 Å². The fourth-order valence-electron chi connectivity index (χ4n) is 9.30. The number of carbonyl (C=O) groups is 1. The molecule has 0 saturated heterocycles. The molecule has 178 valence electrons. The van der Waals surface area contributed by atoms with Crippen LogP contribution in [0.15, 0.2) is 22.8 Å². The number of rotatable bonds is 2. The van der Waals surface area contributed by atoms with Crippen molar-refractivity contribution in [2.45, 2.75) is 105 Å². The molecule has 0 bridgehead atoms. The van der Waals surface area contributed by atoms with Gasteiger partial charge in [0, 0.05) is 17.4 Å². The van der Waals surface area contributed by atoms with Gasteiger partial charge in [0.2, 0.25) is 0 Å². The predicted molar refractivity (Wildman–Crippen MR) is 128 cm³/mol. The molecule has 0 spiro atoms. The number of aliphatic hydroxyl groups is 1. The minimum atomic E-state index is -0.189. The molecule has 1 N–H and O–H groups in total. The second-order valence-electron chi connectivity index (χ2n) is 12.8. The summed E-state index contributed by atoms with van der Waals surface area (Å²) in [5, 5.41) is 11.3. The Labute approximate surface area is 195 Å². The van der Waals surface area contributed by atoms with Gasteiger partial charge < -0.3 is 9.84 Å². The number of aliphatic hydroxyl groups excluding tert-OH is 1. The highest BCUT2D eigenvalue weighted by atomic mass is 16.5. The van der Waals surface area contributed by atoms with Crippen LogP contribution in [0.1, 0.15) is 92.9 Å². The van der Waals surface area contributed by atoms with Crippen molar-refractivity contribution in [3.63, 3.8) is 0 Å². The lowest BCUT2D eigenvalue weighted by Gasteiger charge is -2.60. The first-order valence-electron chi connectivity index (χ1n) is 13.3. The van der Waals surface area contributed by atoms with E-state index < -0.39 is 0 Å². The van der Waals surface area contributed by atoms with Crippen LogP contribution in [0.3, 0.4) is 0 Å². The number of hydrogen-bond acceptors (Lipinski definition) is 3. The third-order valence-electron chi connectivity index (χ3n) is 11.4. The first-order chi connectivity index (χ1) is 15.1. The first-order valence-corrected chi connectivity index (χ1v) is 13.3. The molecule has 5 rings (SSSR count). The van der Waals surface area contributed by atoms with Crippen LogP contribution in [0.2, 0.25) is 0 Å². The second kappa shape index (κ2) is 7.72. The van der Waals surface area contributed by atoms with Crippen LogP contribution in [0.4, 0.5) is 0 Å². The molecule has 3 saturated carbocycles. The molecule has 3 fully saturated rings. The molecule has 8 unspecified atom stereocenters. The topological polar surface area (TPSA) is 46.5 Å². The van der Waals surface area contributed by atoms with Gasteiger partial charge in [-0.25, -0.2) is 4.79 Å². The molecule has 32 heavy (non-hydrogen) atoms. The predicted octanol–water partition coefficient (Wildman–Crippen LogP) is 6.46. The zero-order chi connectivity index (χ0) is 23.0. The molecule has 4 aliphatic carbocycles. The van der Waals surface area contributed by atoms with Crippen molar-refractivity contribution in [1.29, 1.82) is 0 Å². The highest BCUT2D eigenvalue weighted by Crippen LogP contribution is 2.67.